The van der Waals surface area contributed by atoms with Crippen LogP contribution in [-0.4, -0.2) is 39.7 Å². The number of carbonyl (C=O) groups is 3. The first-order valence-electron chi connectivity index (χ1n) is 8.80. The summed E-state index contributed by atoms with van der Waals surface area (Å²) < 4.78 is 12.9. The Balaban J connectivity index is 1.65. The quantitative estimate of drug-likeness (QED) is 0.831. The number of carbonyl (C=O) groups excluding carboxylic acids is 2. The van der Waals surface area contributed by atoms with E-state index in [-0.39, 0.29) is 36.5 Å². The molecular formula is C19H22FNO4. The number of amides is 1. The molecule has 1 aromatic carbocycles. The molecule has 0 aromatic heterocycles. The summed E-state index contributed by atoms with van der Waals surface area (Å²) in [4.78, 5) is 37.9. The van der Waals surface area contributed by atoms with E-state index >= 15 is 0 Å². The number of hydrogen-bond acceptors (Lipinski definition) is 3. The van der Waals surface area contributed by atoms with E-state index in [1.165, 1.54) is 29.2 Å². The summed E-state index contributed by atoms with van der Waals surface area (Å²) >= 11 is 0. The maximum atomic E-state index is 12.9. The maximum Gasteiger partial charge on any atom is 0.326 e. The van der Waals surface area contributed by atoms with Crippen molar-refractivity contribution in [1.82, 2.24) is 4.90 Å². The molecule has 0 spiro atoms. The lowest BCUT2D eigenvalue weighted by Gasteiger charge is -2.33. The molecular weight excluding hydrogens is 325 g/mol. The number of ketones is 1. The Morgan fingerprint density at radius 2 is 1.76 bits per heavy atom. The highest BCUT2D eigenvalue weighted by atomic mass is 19.1. The molecule has 5 nitrogen and oxygen atoms in total. The average Bonchev–Trinajstić information content (AvgIpc) is 3.00. The van der Waals surface area contributed by atoms with E-state index in [0.717, 1.165) is 25.7 Å². The average molecular weight is 347 g/mol. The van der Waals surface area contributed by atoms with Crippen LogP contribution >= 0.6 is 0 Å². The SMILES string of the molecule is O=C(CCC(=O)N1C(C(=O)O)CC2CCCCC21)c1ccc(F)cc1. The van der Waals surface area contributed by atoms with E-state index in [9.17, 15) is 23.9 Å². The van der Waals surface area contributed by atoms with Crippen LogP contribution in [0.2, 0.25) is 0 Å². The van der Waals surface area contributed by atoms with Gasteiger partial charge in [0.25, 0.3) is 0 Å². The van der Waals surface area contributed by atoms with Gasteiger partial charge >= 0.3 is 5.97 Å². The van der Waals surface area contributed by atoms with Gasteiger partial charge in [-0.25, -0.2) is 9.18 Å². The van der Waals surface area contributed by atoms with Crippen LogP contribution in [0.3, 0.4) is 0 Å². The molecule has 1 amide bonds. The van der Waals surface area contributed by atoms with Crippen LogP contribution < -0.4 is 0 Å². The molecule has 3 rings (SSSR count). The number of aliphatic carboxylic acids is 1. The third kappa shape index (κ3) is 3.72. The van der Waals surface area contributed by atoms with Crippen LogP contribution in [-0.2, 0) is 9.59 Å². The third-order valence-corrected chi connectivity index (χ3v) is 5.39. The van der Waals surface area contributed by atoms with Gasteiger partial charge in [-0.15, -0.1) is 0 Å². The number of fused-ring (bicyclic) bond motifs is 1. The summed E-state index contributed by atoms with van der Waals surface area (Å²) in [6.45, 7) is 0. The van der Waals surface area contributed by atoms with Crippen molar-refractivity contribution < 1.29 is 23.9 Å². The molecule has 1 saturated heterocycles. The third-order valence-electron chi connectivity index (χ3n) is 5.39. The summed E-state index contributed by atoms with van der Waals surface area (Å²) in [6, 6.07) is 4.43. The van der Waals surface area contributed by atoms with Gasteiger partial charge in [0, 0.05) is 24.4 Å². The fourth-order valence-corrected chi connectivity index (χ4v) is 4.17. The topological polar surface area (TPSA) is 74.7 Å². The van der Waals surface area contributed by atoms with Gasteiger partial charge in [0.2, 0.25) is 5.91 Å². The Kier molecular flexibility index (Phi) is 5.16. The zero-order valence-corrected chi connectivity index (χ0v) is 14.0. The van der Waals surface area contributed by atoms with Gasteiger partial charge in [0.05, 0.1) is 0 Å². The minimum atomic E-state index is -0.965. The molecule has 1 saturated carbocycles. The van der Waals surface area contributed by atoms with Gasteiger partial charge in [-0.1, -0.05) is 12.8 Å². The molecule has 2 fully saturated rings. The first kappa shape index (κ1) is 17.6. The molecule has 2 aliphatic rings. The maximum absolute atomic E-state index is 12.9. The Morgan fingerprint density at radius 3 is 2.44 bits per heavy atom. The van der Waals surface area contributed by atoms with Gasteiger partial charge in [-0.3, -0.25) is 9.59 Å². The molecule has 0 radical (unpaired) electrons. The van der Waals surface area contributed by atoms with Crippen LogP contribution in [0.5, 0.6) is 0 Å². The zero-order valence-electron chi connectivity index (χ0n) is 14.0. The van der Waals surface area contributed by atoms with Crippen LogP contribution in [0, 0.1) is 11.7 Å². The van der Waals surface area contributed by atoms with Gasteiger partial charge in [0.1, 0.15) is 11.9 Å². The minimum Gasteiger partial charge on any atom is -0.480 e. The number of Topliss-reactive ketones (excluding diaryl/α,β-unsaturated/α-hetero) is 1. The van der Waals surface area contributed by atoms with E-state index in [0.29, 0.717) is 12.0 Å². The Morgan fingerprint density at radius 1 is 1.08 bits per heavy atom. The summed E-state index contributed by atoms with van der Waals surface area (Å²) in [5, 5.41) is 9.46. The van der Waals surface area contributed by atoms with Crippen molar-refractivity contribution in [2.24, 2.45) is 5.92 Å². The van der Waals surface area contributed by atoms with E-state index in [2.05, 4.69) is 0 Å². The molecule has 6 heteroatoms. The molecule has 1 aliphatic carbocycles. The van der Waals surface area contributed by atoms with Gasteiger partial charge in [-0.2, -0.15) is 0 Å². The predicted molar refractivity (Wildman–Crippen MR) is 88.6 cm³/mol. The second-order valence-electron chi connectivity index (χ2n) is 6.93. The number of carboxylic acid groups (broad SMARTS) is 1. The van der Waals surface area contributed by atoms with Crippen LogP contribution in [0.1, 0.15) is 55.3 Å². The molecule has 1 aliphatic heterocycles. The Bertz CT molecular complexity index is 673. The zero-order chi connectivity index (χ0) is 18.0. The first-order chi connectivity index (χ1) is 12.0. The lowest BCUT2D eigenvalue weighted by molar-refractivity contribution is -0.149. The van der Waals surface area contributed by atoms with Crippen molar-refractivity contribution in [1.29, 1.82) is 0 Å². The monoisotopic (exact) mass is 347 g/mol. The smallest absolute Gasteiger partial charge is 0.326 e. The number of likely N-dealkylation sites (tertiary alicyclic amines) is 1. The van der Waals surface area contributed by atoms with Crippen molar-refractivity contribution in [2.45, 2.75) is 57.0 Å². The fraction of sp³-hybridized carbons (Fsp3) is 0.526. The molecule has 1 heterocycles. The van der Waals surface area contributed by atoms with Crippen molar-refractivity contribution in [2.75, 3.05) is 0 Å². The van der Waals surface area contributed by atoms with Crippen LogP contribution in [0.4, 0.5) is 4.39 Å². The number of nitrogens with zero attached hydrogens (tertiary/aromatic N) is 1. The van der Waals surface area contributed by atoms with Gasteiger partial charge in [-0.05, 0) is 49.4 Å². The highest BCUT2D eigenvalue weighted by Crippen LogP contribution is 2.40. The second kappa shape index (κ2) is 7.33. The van der Waals surface area contributed by atoms with E-state index in [1.807, 2.05) is 0 Å². The lowest BCUT2D eigenvalue weighted by atomic mass is 9.84. The van der Waals surface area contributed by atoms with Crippen molar-refractivity contribution in [3.63, 3.8) is 0 Å². The normalized spacial score (nSPS) is 25.5. The molecule has 134 valence electrons. The molecule has 3 atom stereocenters. The molecule has 0 bridgehead atoms. The second-order valence-corrected chi connectivity index (χ2v) is 6.93. The summed E-state index contributed by atoms with van der Waals surface area (Å²) in [5.74, 6) is -1.63. The van der Waals surface area contributed by atoms with Gasteiger partial charge < -0.3 is 10.0 Å². The lowest BCUT2D eigenvalue weighted by Crippen LogP contribution is -2.46. The largest absolute Gasteiger partial charge is 0.480 e. The Labute approximate surface area is 145 Å². The number of halogens is 1. The van der Waals surface area contributed by atoms with Crippen LogP contribution in [0.25, 0.3) is 0 Å². The number of carboxylic acids is 1. The summed E-state index contributed by atoms with van der Waals surface area (Å²) in [7, 11) is 0. The number of benzene rings is 1. The van der Waals surface area contributed by atoms with E-state index in [4.69, 9.17) is 0 Å². The fourth-order valence-electron chi connectivity index (χ4n) is 4.17. The van der Waals surface area contributed by atoms with Crippen LogP contribution in [0.15, 0.2) is 24.3 Å². The van der Waals surface area contributed by atoms with E-state index in [1.54, 1.807) is 0 Å². The van der Waals surface area contributed by atoms with Crippen molar-refractivity contribution in [3.05, 3.63) is 35.6 Å². The number of rotatable bonds is 5. The summed E-state index contributed by atoms with van der Waals surface area (Å²) in [5.41, 5.74) is 0.362. The predicted octanol–water partition coefficient (Wildman–Crippen LogP) is 3.03. The molecule has 1 N–H and O–H groups in total. The standard InChI is InChI=1S/C19H22FNO4/c20-14-7-5-12(6-8-14)17(22)9-10-18(23)21-15-4-2-1-3-13(15)11-16(21)19(24)25/h5-8,13,15-16H,1-4,9-11H2,(H,24,25). The molecule has 25 heavy (non-hydrogen) atoms. The van der Waals surface area contributed by atoms with Gasteiger partial charge in [0.15, 0.2) is 5.78 Å². The molecule has 3 unspecified atom stereocenters. The number of hydrogen-bond donors (Lipinski definition) is 1. The van der Waals surface area contributed by atoms with E-state index < -0.39 is 17.8 Å². The Hall–Kier alpha value is -2.24. The van der Waals surface area contributed by atoms with Crippen molar-refractivity contribution in [3.8, 4) is 0 Å². The highest BCUT2D eigenvalue weighted by molar-refractivity contribution is 5.98. The first-order valence-corrected chi connectivity index (χ1v) is 8.80. The summed E-state index contributed by atoms with van der Waals surface area (Å²) in [6.07, 6.45) is 4.40. The van der Waals surface area contributed by atoms with Crippen molar-refractivity contribution >= 4 is 17.7 Å². The minimum absolute atomic E-state index is 0.00465. The highest BCUT2D eigenvalue weighted by Gasteiger charge is 2.47. The molecule has 1 aromatic rings.